The maximum absolute atomic E-state index is 11.7. The number of hydrogen-bond acceptors (Lipinski definition) is 7. The van der Waals surface area contributed by atoms with Gasteiger partial charge in [0.1, 0.15) is 9.88 Å². The zero-order chi connectivity index (χ0) is 14.7. The first-order valence-corrected chi connectivity index (χ1v) is 7.92. The van der Waals surface area contributed by atoms with Crippen LogP contribution in [0.1, 0.15) is 28.2 Å². The number of hydrogen-bond donors (Lipinski definition) is 3. The molecule has 0 aliphatic rings. The quantitative estimate of drug-likeness (QED) is 0.580. The zero-order valence-corrected chi connectivity index (χ0v) is 13.0. The number of aromatic nitrogens is 2. The van der Waals surface area contributed by atoms with Crippen molar-refractivity contribution in [1.29, 1.82) is 0 Å². The Labute approximate surface area is 125 Å². The molecule has 0 spiro atoms. The number of thioether (sulfide) groups is 1. The van der Waals surface area contributed by atoms with Crippen molar-refractivity contribution in [3.63, 3.8) is 0 Å². The van der Waals surface area contributed by atoms with E-state index < -0.39 is 5.97 Å². The number of nitrogens with zero attached hydrogens (tertiary/aromatic N) is 1. The van der Waals surface area contributed by atoms with E-state index in [-0.39, 0.29) is 6.04 Å². The number of nitrogens with one attached hydrogen (secondary N) is 2. The van der Waals surface area contributed by atoms with E-state index in [1.54, 1.807) is 6.20 Å². The first kappa shape index (κ1) is 14.7. The SMILES string of the molecule is COC(=O)c1sc(NC(C)c2cn[nH]c2)c(SC)c1N. The van der Waals surface area contributed by atoms with Crippen molar-refractivity contribution in [2.75, 3.05) is 24.4 Å². The van der Waals surface area contributed by atoms with Crippen molar-refractivity contribution < 1.29 is 9.53 Å². The molecule has 1 unspecified atom stereocenters. The van der Waals surface area contributed by atoms with Crippen LogP contribution in [0.15, 0.2) is 17.3 Å². The normalized spacial score (nSPS) is 12.2. The van der Waals surface area contributed by atoms with Crippen LogP contribution in [0.2, 0.25) is 0 Å². The van der Waals surface area contributed by atoms with Gasteiger partial charge in [0.25, 0.3) is 0 Å². The van der Waals surface area contributed by atoms with Gasteiger partial charge >= 0.3 is 5.97 Å². The van der Waals surface area contributed by atoms with Crippen molar-refractivity contribution in [2.45, 2.75) is 17.9 Å². The molecule has 2 heterocycles. The molecule has 1 atom stereocenters. The van der Waals surface area contributed by atoms with Gasteiger partial charge in [0.2, 0.25) is 0 Å². The fourth-order valence-electron chi connectivity index (χ4n) is 1.75. The second-order valence-corrected chi connectivity index (χ2v) is 5.93. The number of H-pyrrole nitrogens is 1. The van der Waals surface area contributed by atoms with E-state index in [0.717, 1.165) is 15.5 Å². The number of thiophene rings is 1. The summed E-state index contributed by atoms with van der Waals surface area (Å²) in [6.07, 6.45) is 5.51. The van der Waals surface area contributed by atoms with Gasteiger partial charge in [0, 0.05) is 11.8 Å². The van der Waals surface area contributed by atoms with E-state index in [4.69, 9.17) is 10.5 Å². The third kappa shape index (κ3) is 2.75. The molecule has 4 N–H and O–H groups in total. The number of ether oxygens (including phenoxy) is 1. The van der Waals surface area contributed by atoms with Crippen LogP contribution >= 0.6 is 23.1 Å². The van der Waals surface area contributed by atoms with E-state index in [1.165, 1.54) is 30.2 Å². The molecule has 0 radical (unpaired) electrons. The standard InChI is InChI=1S/C12H16N4O2S2/c1-6(7-4-14-15-5-7)16-11-9(19-3)8(13)10(20-11)12(17)18-2/h4-6,16H,13H2,1-3H3,(H,14,15). The number of methoxy groups -OCH3 is 1. The highest BCUT2D eigenvalue weighted by molar-refractivity contribution is 7.99. The van der Waals surface area contributed by atoms with Gasteiger partial charge in [-0.15, -0.1) is 23.1 Å². The van der Waals surface area contributed by atoms with E-state index in [1.807, 2.05) is 19.4 Å². The van der Waals surface area contributed by atoms with Crippen molar-refractivity contribution >= 4 is 39.8 Å². The number of aromatic amines is 1. The van der Waals surface area contributed by atoms with Crippen molar-refractivity contribution in [3.8, 4) is 0 Å². The Morgan fingerprint density at radius 3 is 2.95 bits per heavy atom. The van der Waals surface area contributed by atoms with E-state index in [9.17, 15) is 4.79 Å². The van der Waals surface area contributed by atoms with Gasteiger partial charge in [-0.1, -0.05) is 0 Å². The Hall–Kier alpha value is -1.67. The highest BCUT2D eigenvalue weighted by atomic mass is 32.2. The molecule has 0 aliphatic heterocycles. The average Bonchev–Trinajstić information content (AvgIpc) is 3.06. The molecule has 0 bridgehead atoms. The lowest BCUT2D eigenvalue weighted by Crippen LogP contribution is -2.05. The van der Waals surface area contributed by atoms with Crippen LogP contribution in [0.25, 0.3) is 0 Å². The molecule has 108 valence electrons. The molecule has 0 aromatic carbocycles. The summed E-state index contributed by atoms with van der Waals surface area (Å²) in [6.45, 7) is 2.02. The summed E-state index contributed by atoms with van der Waals surface area (Å²) in [5.41, 5.74) is 7.52. The number of carbonyl (C=O) groups excluding carboxylic acids is 1. The van der Waals surface area contributed by atoms with Crippen LogP contribution in [0, 0.1) is 0 Å². The van der Waals surface area contributed by atoms with Gasteiger partial charge in [0.05, 0.1) is 29.9 Å². The molecular formula is C12H16N4O2S2. The lowest BCUT2D eigenvalue weighted by Gasteiger charge is -2.13. The molecule has 0 saturated heterocycles. The maximum Gasteiger partial charge on any atom is 0.350 e. The number of rotatable bonds is 5. The van der Waals surface area contributed by atoms with Gasteiger partial charge in [-0.25, -0.2) is 4.79 Å². The van der Waals surface area contributed by atoms with Gasteiger partial charge in [0.15, 0.2) is 0 Å². The highest BCUT2D eigenvalue weighted by Crippen LogP contribution is 2.43. The maximum atomic E-state index is 11.7. The molecule has 0 saturated carbocycles. The Morgan fingerprint density at radius 2 is 2.40 bits per heavy atom. The van der Waals surface area contributed by atoms with Crippen molar-refractivity contribution in [2.24, 2.45) is 0 Å². The summed E-state index contributed by atoms with van der Waals surface area (Å²) in [4.78, 5) is 13.0. The summed E-state index contributed by atoms with van der Waals surface area (Å²) in [5.74, 6) is -0.410. The second-order valence-electron chi connectivity index (χ2n) is 4.10. The van der Waals surface area contributed by atoms with Crippen LogP contribution < -0.4 is 11.1 Å². The Balaban J connectivity index is 2.29. The smallest absolute Gasteiger partial charge is 0.350 e. The van der Waals surface area contributed by atoms with E-state index in [2.05, 4.69) is 15.5 Å². The molecule has 20 heavy (non-hydrogen) atoms. The molecule has 6 nitrogen and oxygen atoms in total. The number of nitrogens with two attached hydrogens (primary N) is 1. The molecule has 0 fully saturated rings. The van der Waals surface area contributed by atoms with Gasteiger partial charge < -0.3 is 15.8 Å². The third-order valence-electron chi connectivity index (χ3n) is 2.84. The first-order chi connectivity index (χ1) is 9.58. The largest absolute Gasteiger partial charge is 0.465 e. The van der Waals surface area contributed by atoms with Gasteiger partial charge in [-0.05, 0) is 13.2 Å². The molecule has 8 heteroatoms. The van der Waals surface area contributed by atoms with E-state index >= 15 is 0 Å². The molecule has 0 amide bonds. The summed E-state index contributed by atoms with van der Waals surface area (Å²) in [5, 5.41) is 10.9. The lowest BCUT2D eigenvalue weighted by molar-refractivity contribution is 0.0607. The summed E-state index contributed by atoms with van der Waals surface area (Å²) >= 11 is 2.81. The van der Waals surface area contributed by atoms with Crippen LogP contribution in [-0.4, -0.2) is 29.5 Å². The monoisotopic (exact) mass is 312 g/mol. The van der Waals surface area contributed by atoms with Crippen LogP contribution in [0.4, 0.5) is 10.7 Å². The Bertz CT molecular complexity index is 595. The van der Waals surface area contributed by atoms with Crippen LogP contribution in [0.5, 0.6) is 0 Å². The number of esters is 1. The van der Waals surface area contributed by atoms with Crippen molar-refractivity contribution in [1.82, 2.24) is 10.2 Å². The summed E-state index contributed by atoms with van der Waals surface area (Å²) in [7, 11) is 1.35. The third-order valence-corrected chi connectivity index (χ3v) is 4.92. The predicted molar refractivity (Wildman–Crippen MR) is 82.5 cm³/mol. The highest BCUT2D eigenvalue weighted by Gasteiger charge is 2.22. The number of anilines is 2. The van der Waals surface area contributed by atoms with Crippen LogP contribution in [-0.2, 0) is 4.74 Å². The van der Waals surface area contributed by atoms with Gasteiger partial charge in [-0.2, -0.15) is 5.10 Å². The van der Waals surface area contributed by atoms with E-state index in [0.29, 0.717) is 10.6 Å². The lowest BCUT2D eigenvalue weighted by atomic mass is 10.2. The van der Waals surface area contributed by atoms with Crippen LogP contribution in [0.3, 0.4) is 0 Å². The first-order valence-electron chi connectivity index (χ1n) is 5.88. The fourth-order valence-corrected chi connectivity index (χ4v) is 3.78. The molecule has 2 aromatic rings. The molecule has 2 rings (SSSR count). The minimum Gasteiger partial charge on any atom is -0.465 e. The molecular weight excluding hydrogens is 296 g/mol. The Morgan fingerprint density at radius 1 is 1.65 bits per heavy atom. The zero-order valence-electron chi connectivity index (χ0n) is 11.4. The second kappa shape index (κ2) is 6.19. The van der Waals surface area contributed by atoms with Crippen molar-refractivity contribution in [3.05, 3.63) is 22.8 Å². The molecule has 2 aromatic heterocycles. The predicted octanol–water partition coefficient (Wildman–Crippen LogP) is 2.74. The topological polar surface area (TPSA) is 93.0 Å². The minimum atomic E-state index is -0.410. The fraction of sp³-hybridized carbons (Fsp3) is 0.333. The number of carbonyl (C=O) groups is 1. The minimum absolute atomic E-state index is 0.0585. The Kier molecular flexibility index (Phi) is 4.56. The van der Waals surface area contributed by atoms with Gasteiger partial charge in [-0.3, -0.25) is 5.10 Å². The molecule has 0 aliphatic carbocycles. The summed E-state index contributed by atoms with van der Waals surface area (Å²) in [6, 6.07) is 0.0585. The number of nitrogen functional groups attached to an aromatic ring is 1. The summed E-state index contributed by atoms with van der Waals surface area (Å²) < 4.78 is 4.75. The average molecular weight is 312 g/mol.